The molecule has 0 spiro atoms. The van der Waals surface area contributed by atoms with Gasteiger partial charge in [-0.25, -0.2) is 9.97 Å². The largest absolute Gasteiger partial charge is 0.443 e. The van der Waals surface area contributed by atoms with E-state index in [2.05, 4.69) is 15.0 Å². The lowest BCUT2D eigenvalue weighted by molar-refractivity contribution is 0.0563. The normalized spacial score (nSPS) is 17.1. The molecule has 0 bridgehead atoms. The lowest BCUT2D eigenvalue weighted by atomic mass is 10.0. The van der Waals surface area contributed by atoms with Crippen molar-refractivity contribution in [3.63, 3.8) is 0 Å². The number of carbonyl (C=O) groups excluding carboxylic acids is 1. The molecular formula is C20H19ClN4O2. The summed E-state index contributed by atoms with van der Waals surface area (Å²) >= 11 is 6.05. The SMILES string of the molecule is O=C(c1cnccn1)N1CCCC[C@@H]1c1ncc(Cc2cccc(Cl)c2)o1. The van der Waals surface area contributed by atoms with E-state index in [1.54, 1.807) is 17.3 Å². The van der Waals surface area contributed by atoms with Gasteiger partial charge >= 0.3 is 0 Å². The van der Waals surface area contributed by atoms with Crippen LogP contribution < -0.4 is 0 Å². The highest BCUT2D eigenvalue weighted by molar-refractivity contribution is 6.30. The molecule has 0 saturated carbocycles. The van der Waals surface area contributed by atoms with E-state index < -0.39 is 0 Å². The third-order valence-corrected chi connectivity index (χ3v) is 4.90. The highest BCUT2D eigenvalue weighted by atomic mass is 35.5. The van der Waals surface area contributed by atoms with Crippen LogP contribution in [0.5, 0.6) is 0 Å². The van der Waals surface area contributed by atoms with Crippen LogP contribution in [0.25, 0.3) is 0 Å². The predicted octanol–water partition coefficient (Wildman–Crippen LogP) is 4.08. The second-order valence-corrected chi connectivity index (χ2v) is 7.01. The van der Waals surface area contributed by atoms with Crippen LogP contribution in [0.1, 0.15) is 53.0 Å². The number of piperidine rings is 1. The van der Waals surface area contributed by atoms with Crippen molar-refractivity contribution >= 4 is 17.5 Å². The lowest BCUT2D eigenvalue weighted by Crippen LogP contribution is -2.39. The van der Waals surface area contributed by atoms with Gasteiger partial charge in [0.2, 0.25) is 5.89 Å². The number of amides is 1. The second kappa shape index (κ2) is 7.88. The summed E-state index contributed by atoms with van der Waals surface area (Å²) in [5, 5.41) is 0.695. The van der Waals surface area contributed by atoms with Gasteiger partial charge in [0, 0.05) is 30.4 Å². The molecule has 3 aromatic rings. The minimum absolute atomic E-state index is 0.137. The Kier molecular flexibility index (Phi) is 5.16. The summed E-state index contributed by atoms with van der Waals surface area (Å²) in [5.41, 5.74) is 1.40. The first-order valence-electron chi connectivity index (χ1n) is 8.97. The van der Waals surface area contributed by atoms with Crippen LogP contribution in [0.2, 0.25) is 5.02 Å². The van der Waals surface area contributed by atoms with E-state index in [0.29, 0.717) is 29.6 Å². The molecule has 138 valence electrons. The molecule has 7 heteroatoms. The number of hydrogen-bond acceptors (Lipinski definition) is 5. The van der Waals surface area contributed by atoms with Crippen molar-refractivity contribution in [1.29, 1.82) is 0 Å². The third kappa shape index (κ3) is 4.01. The fraction of sp³-hybridized carbons (Fsp3) is 0.300. The molecule has 1 aliphatic heterocycles. The van der Waals surface area contributed by atoms with Crippen LogP contribution in [0, 0.1) is 0 Å². The van der Waals surface area contributed by atoms with Crippen molar-refractivity contribution < 1.29 is 9.21 Å². The zero-order chi connectivity index (χ0) is 18.6. The minimum Gasteiger partial charge on any atom is -0.443 e. The summed E-state index contributed by atoms with van der Waals surface area (Å²) in [6.07, 6.45) is 9.73. The third-order valence-electron chi connectivity index (χ3n) is 4.67. The molecule has 6 nitrogen and oxygen atoms in total. The van der Waals surface area contributed by atoms with Crippen molar-refractivity contribution in [3.8, 4) is 0 Å². The standard InChI is InChI=1S/C20H19ClN4O2/c21-15-5-3-4-14(10-15)11-16-12-24-19(27-16)18-6-1-2-9-25(18)20(26)17-13-22-7-8-23-17/h3-5,7-8,10,12-13,18H,1-2,6,9,11H2/t18-/m1/s1. The average molecular weight is 383 g/mol. The van der Waals surface area contributed by atoms with Gasteiger partial charge < -0.3 is 9.32 Å². The number of halogens is 1. The average Bonchev–Trinajstić information content (AvgIpc) is 3.16. The number of aromatic nitrogens is 3. The van der Waals surface area contributed by atoms with Crippen LogP contribution in [-0.4, -0.2) is 32.3 Å². The Hall–Kier alpha value is -2.73. The summed E-state index contributed by atoms with van der Waals surface area (Å²) in [6, 6.07) is 7.49. The van der Waals surface area contributed by atoms with Crippen molar-refractivity contribution in [1.82, 2.24) is 19.9 Å². The van der Waals surface area contributed by atoms with Gasteiger partial charge in [-0.3, -0.25) is 9.78 Å². The molecule has 1 fully saturated rings. The molecule has 1 atom stereocenters. The first kappa shape index (κ1) is 17.7. The number of nitrogens with zero attached hydrogens (tertiary/aromatic N) is 4. The topological polar surface area (TPSA) is 72.1 Å². The van der Waals surface area contributed by atoms with Gasteiger partial charge in [-0.05, 0) is 37.0 Å². The molecule has 4 rings (SSSR count). The molecule has 3 heterocycles. The molecule has 27 heavy (non-hydrogen) atoms. The van der Waals surface area contributed by atoms with E-state index in [0.717, 1.165) is 30.6 Å². The molecule has 0 N–H and O–H groups in total. The number of benzene rings is 1. The number of likely N-dealkylation sites (tertiary alicyclic amines) is 1. The van der Waals surface area contributed by atoms with E-state index in [4.69, 9.17) is 16.0 Å². The Labute approximate surface area is 162 Å². The molecule has 0 unspecified atom stereocenters. The molecule has 1 amide bonds. The molecule has 0 aliphatic carbocycles. The van der Waals surface area contributed by atoms with E-state index in [1.807, 2.05) is 24.3 Å². The Morgan fingerprint density at radius 2 is 2.15 bits per heavy atom. The second-order valence-electron chi connectivity index (χ2n) is 6.57. The number of rotatable bonds is 4. The fourth-order valence-corrected chi connectivity index (χ4v) is 3.61. The first-order valence-corrected chi connectivity index (χ1v) is 9.34. The first-order chi connectivity index (χ1) is 13.2. The van der Waals surface area contributed by atoms with Crippen molar-refractivity contribution in [3.05, 3.63) is 77.0 Å². The van der Waals surface area contributed by atoms with E-state index in [-0.39, 0.29) is 11.9 Å². The van der Waals surface area contributed by atoms with Gasteiger partial charge in [0.25, 0.3) is 5.91 Å². The van der Waals surface area contributed by atoms with Crippen molar-refractivity contribution in [2.75, 3.05) is 6.54 Å². The lowest BCUT2D eigenvalue weighted by Gasteiger charge is -2.33. The van der Waals surface area contributed by atoms with Crippen LogP contribution in [0.15, 0.2) is 53.5 Å². The molecule has 1 aromatic carbocycles. The minimum atomic E-state index is -0.179. The Morgan fingerprint density at radius 1 is 1.22 bits per heavy atom. The van der Waals surface area contributed by atoms with Crippen molar-refractivity contribution in [2.45, 2.75) is 31.7 Å². The van der Waals surface area contributed by atoms with Gasteiger partial charge in [0.1, 0.15) is 17.5 Å². The number of carbonyl (C=O) groups is 1. The summed E-state index contributed by atoms with van der Waals surface area (Å²) in [6.45, 7) is 0.659. The summed E-state index contributed by atoms with van der Waals surface area (Å²) in [5.74, 6) is 1.19. The monoisotopic (exact) mass is 382 g/mol. The summed E-state index contributed by atoms with van der Waals surface area (Å²) in [4.78, 5) is 27.2. The molecule has 1 saturated heterocycles. The molecule has 2 aromatic heterocycles. The van der Waals surface area contributed by atoms with Gasteiger partial charge in [0.05, 0.1) is 12.4 Å². The highest BCUT2D eigenvalue weighted by Crippen LogP contribution is 2.32. The Balaban J connectivity index is 1.54. The summed E-state index contributed by atoms with van der Waals surface area (Å²) in [7, 11) is 0. The Morgan fingerprint density at radius 3 is 2.96 bits per heavy atom. The van der Waals surface area contributed by atoms with Gasteiger partial charge in [-0.2, -0.15) is 0 Å². The van der Waals surface area contributed by atoms with Gasteiger partial charge in [-0.15, -0.1) is 0 Å². The van der Waals surface area contributed by atoms with Gasteiger partial charge in [-0.1, -0.05) is 23.7 Å². The van der Waals surface area contributed by atoms with Crippen LogP contribution >= 0.6 is 11.6 Å². The fourth-order valence-electron chi connectivity index (χ4n) is 3.39. The molecule has 1 aliphatic rings. The molecular weight excluding hydrogens is 364 g/mol. The van der Waals surface area contributed by atoms with E-state index in [1.165, 1.54) is 12.4 Å². The quantitative estimate of drug-likeness (QED) is 0.679. The highest BCUT2D eigenvalue weighted by Gasteiger charge is 2.32. The zero-order valence-corrected chi connectivity index (χ0v) is 15.5. The Bertz CT molecular complexity index is 928. The van der Waals surface area contributed by atoms with E-state index in [9.17, 15) is 4.79 Å². The number of hydrogen-bond donors (Lipinski definition) is 0. The van der Waals surface area contributed by atoms with Crippen LogP contribution in [-0.2, 0) is 6.42 Å². The zero-order valence-electron chi connectivity index (χ0n) is 14.7. The van der Waals surface area contributed by atoms with Gasteiger partial charge in [0.15, 0.2) is 0 Å². The maximum absolute atomic E-state index is 12.9. The van der Waals surface area contributed by atoms with Crippen LogP contribution in [0.4, 0.5) is 0 Å². The smallest absolute Gasteiger partial charge is 0.274 e. The number of oxazole rings is 1. The van der Waals surface area contributed by atoms with Crippen molar-refractivity contribution in [2.24, 2.45) is 0 Å². The maximum Gasteiger partial charge on any atom is 0.274 e. The summed E-state index contributed by atoms with van der Waals surface area (Å²) < 4.78 is 6.00. The molecule has 0 radical (unpaired) electrons. The van der Waals surface area contributed by atoms with Crippen LogP contribution in [0.3, 0.4) is 0 Å². The van der Waals surface area contributed by atoms with E-state index >= 15 is 0 Å². The predicted molar refractivity (Wildman–Crippen MR) is 100 cm³/mol. The maximum atomic E-state index is 12.9.